The molecule has 5 nitrogen and oxygen atoms in total. The number of carbonyl (C=O) groups is 1. The van der Waals surface area contributed by atoms with Crippen LogP contribution in [0.2, 0.25) is 0 Å². The van der Waals surface area contributed by atoms with E-state index in [0.29, 0.717) is 25.3 Å². The summed E-state index contributed by atoms with van der Waals surface area (Å²) in [6.07, 6.45) is 3.41. The molecule has 2 rings (SSSR count). The van der Waals surface area contributed by atoms with E-state index in [0.717, 1.165) is 37.1 Å². The van der Waals surface area contributed by atoms with Gasteiger partial charge in [-0.2, -0.15) is 0 Å². The van der Waals surface area contributed by atoms with Crippen LogP contribution in [0.15, 0.2) is 4.52 Å². The van der Waals surface area contributed by atoms with Crippen LogP contribution >= 0.6 is 0 Å². The van der Waals surface area contributed by atoms with Crippen molar-refractivity contribution in [1.82, 2.24) is 10.1 Å². The highest BCUT2D eigenvalue weighted by Gasteiger charge is 2.25. The number of aromatic nitrogens is 1. The zero-order valence-electron chi connectivity index (χ0n) is 10.2. The van der Waals surface area contributed by atoms with Crippen molar-refractivity contribution in [3.8, 4) is 0 Å². The summed E-state index contributed by atoms with van der Waals surface area (Å²) in [4.78, 5) is 13.8. The lowest BCUT2D eigenvalue weighted by atomic mass is 10.0. The van der Waals surface area contributed by atoms with Gasteiger partial charge in [-0.05, 0) is 6.42 Å². The highest BCUT2D eigenvalue weighted by atomic mass is 16.5. The first-order valence-corrected chi connectivity index (χ1v) is 6.20. The van der Waals surface area contributed by atoms with Crippen molar-refractivity contribution >= 4 is 5.91 Å². The van der Waals surface area contributed by atoms with E-state index in [1.165, 1.54) is 0 Å². The van der Waals surface area contributed by atoms with Gasteiger partial charge in [-0.1, -0.05) is 18.5 Å². The first kappa shape index (κ1) is 12.1. The third kappa shape index (κ3) is 2.49. The maximum Gasteiger partial charge on any atom is 0.222 e. The largest absolute Gasteiger partial charge is 0.359 e. The number of rotatable bonds is 4. The second-order valence-electron chi connectivity index (χ2n) is 4.40. The summed E-state index contributed by atoms with van der Waals surface area (Å²) in [6.45, 7) is 3.79. The van der Waals surface area contributed by atoms with Crippen LogP contribution in [0.5, 0.6) is 0 Å². The zero-order valence-corrected chi connectivity index (χ0v) is 10.2. The molecule has 0 spiro atoms. The molecule has 0 radical (unpaired) electrons. The predicted molar refractivity (Wildman–Crippen MR) is 63.0 cm³/mol. The molecule has 0 bridgehead atoms. The summed E-state index contributed by atoms with van der Waals surface area (Å²) in [5.74, 6) is 0.940. The molecule has 1 aromatic heterocycles. The Morgan fingerprint density at radius 3 is 3.12 bits per heavy atom. The minimum atomic E-state index is 0.224. The van der Waals surface area contributed by atoms with Gasteiger partial charge in [0.15, 0.2) is 5.76 Å². The summed E-state index contributed by atoms with van der Waals surface area (Å²) in [5, 5.41) is 3.99. The lowest BCUT2D eigenvalue weighted by Gasteiger charge is -2.26. The summed E-state index contributed by atoms with van der Waals surface area (Å²) >= 11 is 0. The fraction of sp³-hybridized carbons (Fsp3) is 0.667. The number of unbranched alkanes of at least 4 members (excludes halogenated alkanes) is 1. The van der Waals surface area contributed by atoms with Gasteiger partial charge in [0.1, 0.15) is 0 Å². The molecule has 1 aromatic rings. The molecule has 0 unspecified atom stereocenters. The van der Waals surface area contributed by atoms with Crippen LogP contribution < -0.4 is 5.73 Å². The highest BCUT2D eigenvalue weighted by Crippen LogP contribution is 2.22. The van der Waals surface area contributed by atoms with E-state index in [4.69, 9.17) is 10.3 Å². The van der Waals surface area contributed by atoms with Crippen molar-refractivity contribution in [2.24, 2.45) is 5.73 Å². The Bertz CT molecular complexity index is 387. The predicted octanol–water partition coefficient (Wildman–Crippen LogP) is 1.21. The molecule has 5 heteroatoms. The van der Waals surface area contributed by atoms with Crippen LogP contribution in [0.25, 0.3) is 0 Å². The topological polar surface area (TPSA) is 72.4 Å². The molecule has 94 valence electrons. The third-order valence-corrected chi connectivity index (χ3v) is 3.20. The van der Waals surface area contributed by atoms with Gasteiger partial charge in [0.2, 0.25) is 5.91 Å². The average molecular weight is 237 g/mol. The van der Waals surface area contributed by atoms with Gasteiger partial charge in [0, 0.05) is 24.9 Å². The van der Waals surface area contributed by atoms with E-state index in [9.17, 15) is 4.79 Å². The minimum absolute atomic E-state index is 0.224. The van der Waals surface area contributed by atoms with Gasteiger partial charge < -0.3 is 15.2 Å². The van der Waals surface area contributed by atoms with Crippen molar-refractivity contribution in [1.29, 1.82) is 0 Å². The molecular formula is C12H19N3O2. The number of nitrogens with zero attached hydrogens (tertiary/aromatic N) is 2. The lowest BCUT2D eigenvalue weighted by Crippen LogP contribution is -2.36. The van der Waals surface area contributed by atoms with Crippen LogP contribution in [0.4, 0.5) is 0 Å². The number of hydrogen-bond acceptors (Lipinski definition) is 4. The maximum absolute atomic E-state index is 11.9. The fourth-order valence-corrected chi connectivity index (χ4v) is 2.13. The van der Waals surface area contributed by atoms with Gasteiger partial charge in [-0.25, -0.2) is 0 Å². The molecule has 0 aromatic carbocycles. The first-order chi connectivity index (χ1) is 8.26. The van der Waals surface area contributed by atoms with Crippen molar-refractivity contribution in [3.63, 3.8) is 0 Å². The highest BCUT2D eigenvalue weighted by molar-refractivity contribution is 5.76. The van der Waals surface area contributed by atoms with Crippen LogP contribution in [0.1, 0.15) is 43.2 Å². The number of fused-ring (bicyclic) bond motifs is 1. The van der Waals surface area contributed by atoms with Gasteiger partial charge in [-0.3, -0.25) is 4.79 Å². The molecular weight excluding hydrogens is 218 g/mol. The van der Waals surface area contributed by atoms with E-state index in [1.54, 1.807) is 0 Å². The Morgan fingerprint density at radius 1 is 1.59 bits per heavy atom. The van der Waals surface area contributed by atoms with Gasteiger partial charge >= 0.3 is 0 Å². The molecule has 1 aliphatic rings. The van der Waals surface area contributed by atoms with E-state index in [1.807, 2.05) is 4.90 Å². The molecule has 2 heterocycles. The molecule has 17 heavy (non-hydrogen) atoms. The Morgan fingerprint density at radius 2 is 2.41 bits per heavy atom. The molecule has 0 fully saturated rings. The number of nitrogens with two attached hydrogens (primary N) is 1. The average Bonchev–Trinajstić information content (AvgIpc) is 2.77. The quantitative estimate of drug-likeness (QED) is 0.854. The van der Waals surface area contributed by atoms with Gasteiger partial charge in [0.25, 0.3) is 0 Å². The van der Waals surface area contributed by atoms with E-state index >= 15 is 0 Å². The minimum Gasteiger partial charge on any atom is -0.359 e. The Hall–Kier alpha value is -1.36. The third-order valence-electron chi connectivity index (χ3n) is 3.20. The van der Waals surface area contributed by atoms with E-state index in [-0.39, 0.29) is 5.91 Å². The number of amides is 1. The first-order valence-electron chi connectivity index (χ1n) is 6.20. The molecule has 0 aliphatic carbocycles. The van der Waals surface area contributed by atoms with Crippen molar-refractivity contribution in [2.75, 3.05) is 6.54 Å². The standard InChI is InChI=1S/C12H19N3O2/c1-2-3-4-12(16)15-6-5-10-9(8-15)11(7-13)17-14-10/h2-8,13H2,1H3. The summed E-state index contributed by atoms with van der Waals surface area (Å²) in [5.41, 5.74) is 7.56. The molecule has 1 amide bonds. The number of hydrogen-bond donors (Lipinski definition) is 1. The lowest BCUT2D eigenvalue weighted by molar-refractivity contribution is -0.132. The Labute approximate surface area is 101 Å². The Balaban J connectivity index is 2.04. The maximum atomic E-state index is 11.9. The zero-order chi connectivity index (χ0) is 12.3. The summed E-state index contributed by atoms with van der Waals surface area (Å²) < 4.78 is 5.16. The van der Waals surface area contributed by atoms with E-state index < -0.39 is 0 Å². The van der Waals surface area contributed by atoms with Crippen LogP contribution in [0, 0.1) is 0 Å². The summed E-state index contributed by atoms with van der Waals surface area (Å²) in [6, 6.07) is 0. The fourth-order valence-electron chi connectivity index (χ4n) is 2.13. The monoisotopic (exact) mass is 237 g/mol. The molecule has 0 saturated carbocycles. The van der Waals surface area contributed by atoms with Crippen LogP contribution in [0.3, 0.4) is 0 Å². The SMILES string of the molecule is CCCCC(=O)N1CCc2noc(CN)c2C1. The normalized spacial score (nSPS) is 14.8. The molecule has 2 N–H and O–H groups in total. The molecule has 1 aliphatic heterocycles. The van der Waals surface area contributed by atoms with Crippen molar-refractivity contribution in [3.05, 3.63) is 17.0 Å². The van der Waals surface area contributed by atoms with Crippen LogP contribution in [-0.4, -0.2) is 22.5 Å². The van der Waals surface area contributed by atoms with E-state index in [2.05, 4.69) is 12.1 Å². The Kier molecular flexibility index (Phi) is 3.78. The smallest absolute Gasteiger partial charge is 0.222 e. The molecule has 0 atom stereocenters. The molecule has 0 saturated heterocycles. The van der Waals surface area contributed by atoms with Crippen LogP contribution in [-0.2, 0) is 24.3 Å². The summed E-state index contributed by atoms with van der Waals surface area (Å²) in [7, 11) is 0. The van der Waals surface area contributed by atoms with Gasteiger partial charge in [0.05, 0.1) is 18.8 Å². The number of carbonyl (C=O) groups excluding carboxylic acids is 1. The second-order valence-corrected chi connectivity index (χ2v) is 4.40. The van der Waals surface area contributed by atoms with Crippen molar-refractivity contribution < 1.29 is 9.32 Å². The van der Waals surface area contributed by atoms with Gasteiger partial charge in [-0.15, -0.1) is 0 Å². The van der Waals surface area contributed by atoms with Crippen molar-refractivity contribution in [2.45, 2.75) is 45.7 Å². The second kappa shape index (κ2) is 5.31.